The quantitative estimate of drug-likeness (QED) is 0.129. The third-order valence-corrected chi connectivity index (χ3v) is 10.4. The van der Waals surface area contributed by atoms with Crippen LogP contribution in [0.15, 0.2) is 134 Å². The van der Waals surface area contributed by atoms with Crippen molar-refractivity contribution >= 4 is 0 Å². The zero-order chi connectivity index (χ0) is 36.2. The zero-order valence-corrected chi connectivity index (χ0v) is 31.5. The highest BCUT2D eigenvalue weighted by atomic mass is 15.1. The summed E-state index contributed by atoms with van der Waals surface area (Å²) in [6.45, 7) is 13.4. The molecule has 0 saturated carbocycles. The molecule has 0 spiro atoms. The van der Waals surface area contributed by atoms with Crippen LogP contribution in [0.3, 0.4) is 0 Å². The van der Waals surface area contributed by atoms with E-state index in [1.807, 2.05) is 12.4 Å². The number of rotatable bonds is 12. The minimum Gasteiger partial charge on any atom is -0.299 e. The Labute approximate surface area is 309 Å². The number of imidazole rings is 2. The lowest BCUT2D eigenvalue weighted by Crippen LogP contribution is -2.07. The van der Waals surface area contributed by atoms with Gasteiger partial charge in [-0.15, -0.1) is 0 Å². The van der Waals surface area contributed by atoms with Crippen LogP contribution in [-0.4, -0.2) is 19.1 Å². The van der Waals surface area contributed by atoms with Crippen molar-refractivity contribution in [1.82, 2.24) is 19.1 Å². The summed E-state index contributed by atoms with van der Waals surface area (Å²) >= 11 is 0. The fraction of sp³-hybridized carbons (Fsp3) is 0.250. The predicted molar refractivity (Wildman–Crippen MR) is 217 cm³/mol. The van der Waals surface area contributed by atoms with E-state index in [2.05, 4.69) is 172 Å². The van der Waals surface area contributed by atoms with Crippen molar-refractivity contribution in [3.05, 3.63) is 178 Å². The minimum atomic E-state index is 0.424. The number of hydrogen-bond donors (Lipinski definition) is 0. The number of hydrogen-bond acceptors (Lipinski definition) is 2. The molecule has 0 N–H and O–H groups in total. The van der Waals surface area contributed by atoms with Crippen molar-refractivity contribution in [3.63, 3.8) is 0 Å². The van der Waals surface area contributed by atoms with Crippen molar-refractivity contribution in [2.75, 3.05) is 0 Å². The summed E-state index contributed by atoms with van der Waals surface area (Å²) < 4.78 is 4.51. The average Bonchev–Trinajstić information content (AvgIpc) is 3.84. The number of nitrogens with zero attached hydrogens (tertiary/aromatic N) is 4. The van der Waals surface area contributed by atoms with E-state index in [4.69, 9.17) is 9.97 Å². The van der Waals surface area contributed by atoms with Crippen LogP contribution in [0.5, 0.6) is 0 Å². The Morgan fingerprint density at radius 2 is 0.865 bits per heavy atom. The van der Waals surface area contributed by atoms with Crippen LogP contribution in [0, 0.1) is 13.8 Å². The van der Waals surface area contributed by atoms with E-state index >= 15 is 0 Å². The maximum absolute atomic E-state index is 4.83. The summed E-state index contributed by atoms with van der Waals surface area (Å²) in [5.74, 6) is 2.82. The molecule has 2 heterocycles. The van der Waals surface area contributed by atoms with E-state index in [9.17, 15) is 0 Å². The highest BCUT2D eigenvalue weighted by Gasteiger charge is 2.19. The number of aryl methyl sites for hydroxylation is 6. The summed E-state index contributed by atoms with van der Waals surface area (Å²) in [5, 5.41) is 0. The van der Waals surface area contributed by atoms with Gasteiger partial charge < -0.3 is 0 Å². The molecule has 262 valence electrons. The molecule has 0 aliphatic carbocycles. The van der Waals surface area contributed by atoms with Gasteiger partial charge in [-0.05, 0) is 95.9 Å². The minimum absolute atomic E-state index is 0.424. The molecular formula is C48H50N4. The summed E-state index contributed by atoms with van der Waals surface area (Å²) in [7, 11) is 0. The predicted octanol–water partition coefficient (Wildman–Crippen LogP) is 11.8. The third kappa shape index (κ3) is 7.43. The fourth-order valence-electron chi connectivity index (χ4n) is 7.53. The van der Waals surface area contributed by atoms with Gasteiger partial charge in [0, 0.05) is 35.9 Å². The van der Waals surface area contributed by atoms with Gasteiger partial charge >= 0.3 is 0 Å². The summed E-state index contributed by atoms with van der Waals surface area (Å²) in [6, 6.07) is 40.2. The van der Waals surface area contributed by atoms with Crippen molar-refractivity contribution < 1.29 is 0 Å². The lowest BCUT2D eigenvalue weighted by molar-refractivity contribution is 0.806. The molecule has 4 nitrogen and oxygen atoms in total. The van der Waals surface area contributed by atoms with E-state index in [1.165, 1.54) is 55.9 Å². The van der Waals surface area contributed by atoms with Crippen molar-refractivity contribution in [2.24, 2.45) is 0 Å². The van der Waals surface area contributed by atoms with Gasteiger partial charge in [-0.3, -0.25) is 9.13 Å². The van der Waals surface area contributed by atoms with Gasteiger partial charge in [0.05, 0.1) is 11.4 Å². The number of aromatic nitrogens is 4. The van der Waals surface area contributed by atoms with E-state index in [-0.39, 0.29) is 0 Å². The molecule has 5 aromatic carbocycles. The number of para-hydroxylation sites is 2. The van der Waals surface area contributed by atoms with Gasteiger partial charge in [0.15, 0.2) is 0 Å². The molecule has 7 rings (SSSR count). The highest BCUT2D eigenvalue weighted by Crippen LogP contribution is 2.34. The Hall–Kier alpha value is -5.48. The maximum atomic E-state index is 4.83. The van der Waals surface area contributed by atoms with Crippen molar-refractivity contribution in [2.45, 2.75) is 79.1 Å². The molecule has 0 radical (unpaired) electrons. The monoisotopic (exact) mass is 682 g/mol. The summed E-state index contributed by atoms with van der Waals surface area (Å²) in [4.78, 5) is 9.55. The molecule has 0 atom stereocenters. The SMILES string of the molecule is Cc1cccc(C)c1-n1ccnc1-c1ccc(CCc2cccc(CCc3ccc(-c4nccn4-c4c(C(C)C)cccc4C(C)C)cc3)c2)cc1. The Kier molecular flexibility index (Phi) is 10.4. The van der Waals surface area contributed by atoms with Crippen LogP contribution in [0.4, 0.5) is 0 Å². The van der Waals surface area contributed by atoms with Crippen LogP contribution >= 0.6 is 0 Å². The highest BCUT2D eigenvalue weighted by molar-refractivity contribution is 5.63. The van der Waals surface area contributed by atoms with E-state index in [0.29, 0.717) is 11.8 Å². The molecule has 2 aromatic heterocycles. The first-order valence-electron chi connectivity index (χ1n) is 18.8. The average molecular weight is 683 g/mol. The molecule has 0 aliphatic rings. The van der Waals surface area contributed by atoms with Crippen molar-refractivity contribution in [1.29, 1.82) is 0 Å². The first-order chi connectivity index (χ1) is 25.3. The Balaban J connectivity index is 0.986. The van der Waals surface area contributed by atoms with Crippen molar-refractivity contribution in [3.8, 4) is 34.2 Å². The van der Waals surface area contributed by atoms with Gasteiger partial charge in [-0.25, -0.2) is 9.97 Å². The van der Waals surface area contributed by atoms with E-state index in [1.54, 1.807) is 0 Å². The second-order valence-electron chi connectivity index (χ2n) is 14.8. The fourth-order valence-corrected chi connectivity index (χ4v) is 7.53. The topological polar surface area (TPSA) is 35.6 Å². The Morgan fingerprint density at radius 3 is 1.33 bits per heavy atom. The largest absolute Gasteiger partial charge is 0.299 e. The van der Waals surface area contributed by atoms with Gasteiger partial charge in [-0.1, -0.05) is 137 Å². The molecular weight excluding hydrogens is 633 g/mol. The molecule has 0 fully saturated rings. The maximum Gasteiger partial charge on any atom is 0.144 e. The lowest BCUT2D eigenvalue weighted by atomic mass is 9.92. The van der Waals surface area contributed by atoms with E-state index < -0.39 is 0 Å². The van der Waals surface area contributed by atoms with Gasteiger partial charge in [0.25, 0.3) is 0 Å². The van der Waals surface area contributed by atoms with Gasteiger partial charge in [0.2, 0.25) is 0 Å². The normalized spacial score (nSPS) is 11.5. The summed E-state index contributed by atoms with van der Waals surface area (Å²) in [6.07, 6.45) is 12.0. The Bertz CT molecular complexity index is 2220. The first kappa shape index (κ1) is 34.9. The zero-order valence-electron chi connectivity index (χ0n) is 31.5. The second-order valence-corrected chi connectivity index (χ2v) is 14.8. The number of benzene rings is 5. The lowest BCUT2D eigenvalue weighted by Gasteiger charge is -2.21. The molecule has 0 amide bonds. The van der Waals surface area contributed by atoms with Gasteiger partial charge in [0.1, 0.15) is 11.6 Å². The third-order valence-electron chi connectivity index (χ3n) is 10.4. The van der Waals surface area contributed by atoms with E-state index in [0.717, 1.165) is 48.5 Å². The van der Waals surface area contributed by atoms with Crippen LogP contribution in [0.2, 0.25) is 0 Å². The molecule has 0 aliphatic heterocycles. The van der Waals surface area contributed by atoms with Gasteiger partial charge in [-0.2, -0.15) is 0 Å². The molecule has 7 aromatic rings. The smallest absolute Gasteiger partial charge is 0.144 e. The molecule has 4 heteroatoms. The van der Waals surface area contributed by atoms with Crippen LogP contribution < -0.4 is 0 Å². The molecule has 0 bridgehead atoms. The standard InChI is InChI=1S/C48H50N4/c1-33(2)43-14-9-15-44(34(3)4)46(43)52-31-29-50-48(52)42-26-22-38(23-27-42)17-19-40-13-8-12-39(32-40)18-16-37-20-24-41(25-21-37)47-49-28-30-51(47)45-35(5)10-7-11-36(45)6/h7-15,20-34H,16-19H2,1-6H3. The molecule has 52 heavy (non-hydrogen) atoms. The second kappa shape index (κ2) is 15.4. The van der Waals surface area contributed by atoms with Crippen LogP contribution in [-0.2, 0) is 25.7 Å². The first-order valence-corrected chi connectivity index (χ1v) is 18.8. The Morgan fingerprint density at radius 1 is 0.462 bits per heavy atom. The molecule has 0 saturated heterocycles. The van der Waals surface area contributed by atoms with Crippen LogP contribution in [0.25, 0.3) is 34.2 Å². The summed E-state index contributed by atoms with van der Waals surface area (Å²) in [5.41, 5.74) is 15.4. The van der Waals surface area contributed by atoms with Crippen LogP contribution in [0.1, 0.15) is 84.0 Å². The molecule has 0 unspecified atom stereocenters.